The van der Waals surface area contributed by atoms with Gasteiger partial charge in [-0.2, -0.15) is 5.10 Å². The van der Waals surface area contributed by atoms with Gasteiger partial charge < -0.3 is 9.64 Å². The fraction of sp³-hybridized carbons (Fsp3) is 0.385. The maximum Gasteiger partial charge on any atom is 0.274 e. The van der Waals surface area contributed by atoms with Crippen LogP contribution in [0, 0.1) is 19.7 Å². The Balaban J connectivity index is 1.30. The number of hydrogen-bond donors (Lipinski definition) is 0. The van der Waals surface area contributed by atoms with E-state index in [1.807, 2.05) is 9.58 Å². The number of piperidine rings is 1. The van der Waals surface area contributed by atoms with Gasteiger partial charge in [-0.15, -0.1) is 0 Å². The smallest absolute Gasteiger partial charge is 0.274 e. The molecule has 32 heavy (non-hydrogen) atoms. The number of carbonyl (C=O) groups is 1. The van der Waals surface area contributed by atoms with Crippen LogP contribution in [0.25, 0.3) is 5.69 Å². The highest BCUT2D eigenvalue weighted by Gasteiger charge is 2.32. The number of aryl methyl sites for hydroxylation is 2. The second kappa shape index (κ2) is 8.41. The van der Waals surface area contributed by atoms with Crippen molar-refractivity contribution in [1.82, 2.24) is 14.7 Å². The first kappa shape index (κ1) is 20.7. The molecule has 0 unspecified atom stereocenters. The summed E-state index contributed by atoms with van der Waals surface area (Å²) >= 11 is 0. The van der Waals surface area contributed by atoms with E-state index in [-0.39, 0.29) is 17.8 Å². The van der Waals surface area contributed by atoms with Gasteiger partial charge in [0.15, 0.2) is 5.69 Å². The van der Waals surface area contributed by atoms with E-state index >= 15 is 0 Å². The van der Waals surface area contributed by atoms with E-state index < -0.39 is 0 Å². The zero-order chi connectivity index (χ0) is 22.2. The van der Waals surface area contributed by atoms with E-state index in [4.69, 9.17) is 4.74 Å². The summed E-state index contributed by atoms with van der Waals surface area (Å²) in [5.41, 5.74) is 5.79. The minimum absolute atomic E-state index is 0.00537. The average molecular weight is 434 g/mol. The first-order valence-corrected chi connectivity index (χ1v) is 11.4. The van der Waals surface area contributed by atoms with E-state index in [1.165, 1.54) is 17.7 Å². The molecule has 0 N–H and O–H groups in total. The van der Waals surface area contributed by atoms with Crippen LogP contribution < -0.4 is 4.74 Å². The number of ether oxygens (including phenoxy) is 1. The largest absolute Gasteiger partial charge is 0.490 e. The van der Waals surface area contributed by atoms with Crippen molar-refractivity contribution in [3.63, 3.8) is 0 Å². The second-order valence-electron chi connectivity index (χ2n) is 8.89. The van der Waals surface area contributed by atoms with Gasteiger partial charge in [-0.25, -0.2) is 9.07 Å². The highest BCUT2D eigenvalue weighted by Crippen LogP contribution is 2.30. The van der Waals surface area contributed by atoms with Crippen LogP contribution in [-0.4, -0.2) is 39.8 Å². The number of benzene rings is 2. The number of hydrogen-bond acceptors (Lipinski definition) is 3. The van der Waals surface area contributed by atoms with Crippen molar-refractivity contribution in [3.05, 3.63) is 76.4 Å². The second-order valence-corrected chi connectivity index (χ2v) is 8.89. The molecule has 0 spiro atoms. The molecule has 2 heterocycles. The molecule has 0 saturated carbocycles. The van der Waals surface area contributed by atoms with Crippen LogP contribution in [0.3, 0.4) is 0 Å². The Morgan fingerprint density at radius 2 is 1.81 bits per heavy atom. The molecule has 0 radical (unpaired) electrons. The number of halogens is 1. The highest BCUT2D eigenvalue weighted by molar-refractivity contribution is 5.94. The standard InChI is InChI=1S/C26H28FN3O2/c1-17-6-7-18(2)24(16-17)32-21-12-14-29(15-13-21)26(31)25-22-4-3-5-23(22)30(28-25)20-10-8-19(27)9-11-20/h6-11,16,21H,3-5,12-15H2,1-2H3. The molecule has 5 rings (SSSR count). The monoisotopic (exact) mass is 433 g/mol. The molecule has 1 amide bonds. The predicted octanol–water partition coefficient (Wildman–Crippen LogP) is 4.80. The summed E-state index contributed by atoms with van der Waals surface area (Å²) in [7, 11) is 0. The summed E-state index contributed by atoms with van der Waals surface area (Å²) in [5.74, 6) is 0.652. The fourth-order valence-corrected chi connectivity index (χ4v) is 4.75. The number of carbonyl (C=O) groups excluding carboxylic acids is 1. The number of likely N-dealkylation sites (tertiary alicyclic amines) is 1. The molecule has 0 atom stereocenters. The van der Waals surface area contributed by atoms with Gasteiger partial charge in [-0.05, 0) is 74.6 Å². The van der Waals surface area contributed by atoms with Gasteiger partial charge in [0.05, 0.1) is 5.69 Å². The minimum Gasteiger partial charge on any atom is -0.490 e. The molecular weight excluding hydrogens is 405 g/mol. The van der Waals surface area contributed by atoms with E-state index in [0.29, 0.717) is 18.8 Å². The Kier molecular flexibility index (Phi) is 5.45. The third-order valence-electron chi connectivity index (χ3n) is 6.57. The predicted molar refractivity (Wildman–Crippen MR) is 121 cm³/mol. The Labute approximate surface area is 187 Å². The summed E-state index contributed by atoms with van der Waals surface area (Å²) in [4.78, 5) is 15.3. The molecule has 166 valence electrons. The number of amides is 1. The van der Waals surface area contributed by atoms with E-state index in [0.717, 1.165) is 60.4 Å². The highest BCUT2D eigenvalue weighted by atomic mass is 19.1. The van der Waals surface area contributed by atoms with Gasteiger partial charge in [-0.3, -0.25) is 4.79 Å². The van der Waals surface area contributed by atoms with Crippen molar-refractivity contribution < 1.29 is 13.9 Å². The molecule has 1 aromatic heterocycles. The lowest BCUT2D eigenvalue weighted by molar-refractivity contribution is 0.0587. The van der Waals surface area contributed by atoms with Crippen LogP contribution in [-0.2, 0) is 12.8 Å². The maximum atomic E-state index is 13.4. The van der Waals surface area contributed by atoms with Crippen LogP contribution in [0.4, 0.5) is 4.39 Å². The third-order valence-corrected chi connectivity index (χ3v) is 6.57. The van der Waals surface area contributed by atoms with E-state index in [9.17, 15) is 9.18 Å². The van der Waals surface area contributed by atoms with Crippen molar-refractivity contribution in [3.8, 4) is 11.4 Å². The Bertz CT molecular complexity index is 1140. The van der Waals surface area contributed by atoms with Crippen LogP contribution in [0.15, 0.2) is 42.5 Å². The lowest BCUT2D eigenvalue weighted by Gasteiger charge is -2.32. The van der Waals surface area contributed by atoms with Crippen molar-refractivity contribution >= 4 is 5.91 Å². The Hall–Kier alpha value is -3.15. The Morgan fingerprint density at radius 1 is 1.06 bits per heavy atom. The first-order chi connectivity index (χ1) is 15.5. The van der Waals surface area contributed by atoms with Crippen LogP contribution in [0.5, 0.6) is 5.75 Å². The lowest BCUT2D eigenvalue weighted by atomic mass is 10.1. The zero-order valence-corrected chi connectivity index (χ0v) is 18.6. The molecular formula is C26H28FN3O2. The summed E-state index contributed by atoms with van der Waals surface area (Å²) < 4.78 is 21.4. The molecule has 1 aliphatic carbocycles. The summed E-state index contributed by atoms with van der Waals surface area (Å²) in [5, 5.41) is 4.69. The quantitative estimate of drug-likeness (QED) is 0.594. The number of aromatic nitrogens is 2. The summed E-state index contributed by atoms with van der Waals surface area (Å²) in [6, 6.07) is 12.5. The van der Waals surface area contributed by atoms with Gasteiger partial charge in [0.25, 0.3) is 5.91 Å². The number of nitrogens with zero attached hydrogens (tertiary/aromatic N) is 3. The third kappa shape index (κ3) is 3.90. The average Bonchev–Trinajstić information content (AvgIpc) is 3.40. The van der Waals surface area contributed by atoms with Crippen molar-refractivity contribution in [2.75, 3.05) is 13.1 Å². The number of rotatable bonds is 4. The fourth-order valence-electron chi connectivity index (χ4n) is 4.75. The van der Waals surface area contributed by atoms with Crippen LogP contribution >= 0.6 is 0 Å². The normalized spacial score (nSPS) is 16.3. The molecule has 1 saturated heterocycles. The molecule has 2 aromatic carbocycles. The SMILES string of the molecule is Cc1ccc(C)c(OC2CCN(C(=O)c3nn(-c4ccc(F)cc4)c4c3CCC4)CC2)c1. The van der Waals surface area contributed by atoms with Crippen molar-refractivity contribution in [2.45, 2.75) is 52.1 Å². The first-order valence-electron chi connectivity index (χ1n) is 11.4. The molecule has 3 aromatic rings. The van der Waals surface area contributed by atoms with Gasteiger partial charge in [0, 0.05) is 37.2 Å². The zero-order valence-electron chi connectivity index (χ0n) is 18.6. The minimum atomic E-state index is -0.278. The van der Waals surface area contributed by atoms with E-state index in [2.05, 4.69) is 37.1 Å². The van der Waals surface area contributed by atoms with Gasteiger partial charge >= 0.3 is 0 Å². The number of fused-ring (bicyclic) bond motifs is 1. The lowest BCUT2D eigenvalue weighted by Crippen LogP contribution is -2.42. The Morgan fingerprint density at radius 3 is 2.56 bits per heavy atom. The molecule has 1 fully saturated rings. The van der Waals surface area contributed by atoms with Crippen molar-refractivity contribution in [1.29, 1.82) is 0 Å². The molecule has 5 nitrogen and oxygen atoms in total. The molecule has 1 aliphatic heterocycles. The van der Waals surface area contributed by atoms with Gasteiger partial charge in [-0.1, -0.05) is 12.1 Å². The van der Waals surface area contributed by atoms with Gasteiger partial charge in [0.1, 0.15) is 17.7 Å². The van der Waals surface area contributed by atoms with Gasteiger partial charge in [0.2, 0.25) is 0 Å². The molecule has 6 heteroatoms. The summed E-state index contributed by atoms with van der Waals surface area (Å²) in [6.45, 7) is 5.45. The van der Waals surface area contributed by atoms with Crippen molar-refractivity contribution in [2.24, 2.45) is 0 Å². The summed E-state index contributed by atoms with van der Waals surface area (Å²) in [6.07, 6.45) is 4.49. The molecule has 2 aliphatic rings. The van der Waals surface area contributed by atoms with Crippen LogP contribution in [0.2, 0.25) is 0 Å². The topological polar surface area (TPSA) is 47.4 Å². The van der Waals surface area contributed by atoms with Crippen LogP contribution in [0.1, 0.15) is 52.1 Å². The van der Waals surface area contributed by atoms with E-state index in [1.54, 1.807) is 12.1 Å². The molecule has 0 bridgehead atoms. The maximum absolute atomic E-state index is 13.4.